The van der Waals surface area contributed by atoms with Crippen molar-refractivity contribution in [1.29, 1.82) is 0 Å². The summed E-state index contributed by atoms with van der Waals surface area (Å²) in [5.74, 6) is -0.749. The number of carbonyl (C=O) groups is 1. The summed E-state index contributed by atoms with van der Waals surface area (Å²) >= 11 is 0. The van der Waals surface area contributed by atoms with Gasteiger partial charge in [-0.25, -0.2) is 9.37 Å². The van der Waals surface area contributed by atoms with Crippen LogP contribution in [0.4, 0.5) is 4.39 Å². The van der Waals surface area contributed by atoms with E-state index in [1.807, 2.05) is 13.8 Å². The maximum absolute atomic E-state index is 14.2. The third kappa shape index (κ3) is 3.78. The Labute approximate surface area is 167 Å². The van der Waals surface area contributed by atoms with Crippen LogP contribution >= 0.6 is 0 Å². The number of ether oxygens (including phenoxy) is 1. The van der Waals surface area contributed by atoms with E-state index >= 15 is 0 Å². The third-order valence-corrected chi connectivity index (χ3v) is 5.07. The van der Waals surface area contributed by atoms with Gasteiger partial charge in [-0.05, 0) is 38.1 Å². The van der Waals surface area contributed by atoms with Gasteiger partial charge in [-0.2, -0.15) is 0 Å². The van der Waals surface area contributed by atoms with Crippen molar-refractivity contribution in [3.8, 4) is 0 Å². The molecule has 2 aromatic heterocycles. The van der Waals surface area contributed by atoms with Gasteiger partial charge in [-0.3, -0.25) is 14.2 Å². The fraction of sp³-hybridized carbons (Fsp3) is 0.318. The Bertz CT molecular complexity index is 1120. The second kappa shape index (κ2) is 7.75. The molecule has 6 nitrogen and oxygen atoms in total. The number of fused-ring (bicyclic) bond motifs is 1. The van der Waals surface area contributed by atoms with Gasteiger partial charge in [0.2, 0.25) is 0 Å². The number of rotatable bonds is 3. The van der Waals surface area contributed by atoms with Crippen molar-refractivity contribution in [1.82, 2.24) is 14.5 Å². The Hall–Kier alpha value is -3.06. The third-order valence-electron chi connectivity index (χ3n) is 5.07. The van der Waals surface area contributed by atoms with Crippen LogP contribution < -0.4 is 5.56 Å². The molecule has 3 heterocycles. The summed E-state index contributed by atoms with van der Waals surface area (Å²) in [5.41, 5.74) is 0.361. The summed E-state index contributed by atoms with van der Waals surface area (Å²) in [7, 11) is 0. The molecule has 0 spiro atoms. The Morgan fingerprint density at radius 2 is 1.90 bits per heavy atom. The SMILES string of the molecule is C[C@H]1CN(C(=O)c2cc3cccnc3n(Cc3ccccc3F)c2=O)C[C@H](C)O1. The summed E-state index contributed by atoms with van der Waals surface area (Å²) in [5, 5.41) is 0.654. The minimum Gasteiger partial charge on any atom is -0.372 e. The molecular weight excluding hydrogens is 373 g/mol. The van der Waals surface area contributed by atoms with E-state index in [-0.39, 0.29) is 30.2 Å². The highest BCUT2D eigenvalue weighted by Crippen LogP contribution is 2.17. The summed E-state index contributed by atoms with van der Waals surface area (Å²) < 4.78 is 21.3. The maximum Gasteiger partial charge on any atom is 0.265 e. The standard InChI is InChI=1S/C22H22FN3O3/c1-14-11-25(12-15(2)29-14)21(27)18-10-16-7-5-9-24-20(16)26(22(18)28)13-17-6-3-4-8-19(17)23/h3-10,14-15H,11-13H2,1-2H3/t14-,15-/m0/s1. The second-order valence-electron chi connectivity index (χ2n) is 7.42. The zero-order valence-corrected chi connectivity index (χ0v) is 16.3. The first-order valence-corrected chi connectivity index (χ1v) is 9.60. The topological polar surface area (TPSA) is 64.4 Å². The molecule has 1 amide bonds. The number of aromatic nitrogens is 2. The van der Waals surface area contributed by atoms with Crippen LogP contribution in [0.3, 0.4) is 0 Å². The highest BCUT2D eigenvalue weighted by atomic mass is 19.1. The van der Waals surface area contributed by atoms with E-state index in [0.29, 0.717) is 29.7 Å². The van der Waals surface area contributed by atoms with Gasteiger partial charge in [0.25, 0.3) is 11.5 Å². The summed E-state index contributed by atoms with van der Waals surface area (Å²) in [6.07, 6.45) is 1.36. The molecule has 7 heteroatoms. The van der Waals surface area contributed by atoms with Gasteiger partial charge in [-0.15, -0.1) is 0 Å². The number of hydrogen-bond donors (Lipinski definition) is 0. The first-order chi connectivity index (χ1) is 13.9. The molecule has 1 saturated heterocycles. The molecule has 150 valence electrons. The highest BCUT2D eigenvalue weighted by Gasteiger charge is 2.29. The molecule has 1 fully saturated rings. The molecule has 1 aromatic carbocycles. The molecule has 4 rings (SSSR count). The number of carbonyl (C=O) groups excluding carboxylic acids is 1. The predicted molar refractivity (Wildman–Crippen MR) is 107 cm³/mol. The Balaban J connectivity index is 1.81. The maximum atomic E-state index is 14.2. The highest BCUT2D eigenvalue weighted by molar-refractivity contribution is 5.97. The monoisotopic (exact) mass is 395 g/mol. The number of nitrogens with zero attached hydrogens (tertiary/aromatic N) is 3. The number of morpholine rings is 1. The Morgan fingerprint density at radius 3 is 2.62 bits per heavy atom. The Morgan fingerprint density at radius 1 is 1.17 bits per heavy atom. The van der Waals surface area contributed by atoms with Crippen LogP contribution in [0.5, 0.6) is 0 Å². The summed E-state index contributed by atoms with van der Waals surface area (Å²) in [4.78, 5) is 32.4. The van der Waals surface area contributed by atoms with Gasteiger partial charge in [0.1, 0.15) is 17.0 Å². The molecule has 1 aliphatic heterocycles. The lowest BCUT2D eigenvalue weighted by atomic mass is 10.1. The first kappa shape index (κ1) is 19.3. The summed E-state index contributed by atoms with van der Waals surface area (Å²) in [6, 6.07) is 11.4. The fourth-order valence-electron chi connectivity index (χ4n) is 3.82. The minimum atomic E-state index is -0.476. The van der Waals surface area contributed by atoms with Gasteiger partial charge < -0.3 is 9.64 Å². The van der Waals surface area contributed by atoms with Crippen LogP contribution in [0, 0.1) is 5.82 Å². The Kier molecular flexibility index (Phi) is 5.15. The van der Waals surface area contributed by atoms with E-state index in [2.05, 4.69) is 4.98 Å². The molecule has 0 radical (unpaired) electrons. The molecule has 0 saturated carbocycles. The molecule has 0 aliphatic carbocycles. The van der Waals surface area contributed by atoms with Crippen molar-refractivity contribution in [2.45, 2.75) is 32.6 Å². The average Bonchev–Trinajstić information content (AvgIpc) is 2.70. The average molecular weight is 395 g/mol. The number of amides is 1. The van der Waals surface area contributed by atoms with E-state index in [1.165, 1.54) is 10.6 Å². The van der Waals surface area contributed by atoms with Crippen LogP contribution in [-0.4, -0.2) is 45.7 Å². The second-order valence-corrected chi connectivity index (χ2v) is 7.42. The molecule has 2 atom stereocenters. The summed E-state index contributed by atoms with van der Waals surface area (Å²) in [6.45, 7) is 4.63. The predicted octanol–water partition coefficient (Wildman–Crippen LogP) is 2.83. The van der Waals surface area contributed by atoms with Gasteiger partial charge in [0.15, 0.2) is 0 Å². The molecule has 3 aromatic rings. The lowest BCUT2D eigenvalue weighted by Gasteiger charge is -2.35. The van der Waals surface area contributed by atoms with E-state index in [9.17, 15) is 14.0 Å². The number of halogens is 1. The van der Waals surface area contributed by atoms with Crippen molar-refractivity contribution in [3.63, 3.8) is 0 Å². The minimum absolute atomic E-state index is 0.00391. The molecule has 29 heavy (non-hydrogen) atoms. The lowest BCUT2D eigenvalue weighted by Crippen LogP contribution is -2.49. The van der Waals surface area contributed by atoms with Gasteiger partial charge in [0.05, 0.1) is 18.8 Å². The molecule has 1 aliphatic rings. The van der Waals surface area contributed by atoms with Gasteiger partial charge >= 0.3 is 0 Å². The number of pyridine rings is 2. The van der Waals surface area contributed by atoms with Gasteiger partial charge in [0, 0.05) is 30.2 Å². The van der Waals surface area contributed by atoms with E-state index in [0.717, 1.165) is 0 Å². The van der Waals surface area contributed by atoms with Crippen molar-refractivity contribution in [3.05, 3.63) is 76.0 Å². The largest absolute Gasteiger partial charge is 0.372 e. The van der Waals surface area contributed by atoms with E-state index in [1.54, 1.807) is 47.5 Å². The molecule has 0 N–H and O–H groups in total. The zero-order valence-electron chi connectivity index (χ0n) is 16.3. The van der Waals surface area contributed by atoms with Crippen molar-refractivity contribution in [2.24, 2.45) is 0 Å². The number of hydrogen-bond acceptors (Lipinski definition) is 4. The first-order valence-electron chi connectivity index (χ1n) is 9.60. The normalized spacial score (nSPS) is 19.5. The van der Waals surface area contributed by atoms with Crippen LogP contribution in [-0.2, 0) is 11.3 Å². The van der Waals surface area contributed by atoms with Crippen LogP contribution in [0.25, 0.3) is 11.0 Å². The lowest BCUT2D eigenvalue weighted by molar-refractivity contribution is -0.0586. The fourth-order valence-corrected chi connectivity index (χ4v) is 3.82. The molecule has 0 bridgehead atoms. The van der Waals surface area contributed by atoms with Crippen molar-refractivity contribution >= 4 is 16.9 Å². The van der Waals surface area contributed by atoms with Crippen molar-refractivity contribution in [2.75, 3.05) is 13.1 Å². The van der Waals surface area contributed by atoms with Crippen LogP contribution in [0.2, 0.25) is 0 Å². The smallest absolute Gasteiger partial charge is 0.265 e. The van der Waals surface area contributed by atoms with E-state index in [4.69, 9.17) is 4.74 Å². The zero-order chi connectivity index (χ0) is 20.5. The van der Waals surface area contributed by atoms with Crippen molar-refractivity contribution < 1.29 is 13.9 Å². The quantitative estimate of drug-likeness (QED) is 0.684. The van der Waals surface area contributed by atoms with E-state index < -0.39 is 11.4 Å². The molecule has 0 unspecified atom stereocenters. The molecular formula is C22H22FN3O3. The van der Waals surface area contributed by atoms with Crippen LogP contribution in [0.1, 0.15) is 29.8 Å². The number of benzene rings is 1. The van der Waals surface area contributed by atoms with Gasteiger partial charge in [-0.1, -0.05) is 18.2 Å². The van der Waals surface area contributed by atoms with Crippen LogP contribution in [0.15, 0.2) is 53.5 Å².